The van der Waals surface area contributed by atoms with Crippen molar-refractivity contribution >= 4 is 11.6 Å². The highest BCUT2D eigenvalue weighted by Gasteiger charge is 2.29. The molecule has 1 fully saturated rings. The van der Waals surface area contributed by atoms with Crippen molar-refractivity contribution in [1.82, 2.24) is 0 Å². The van der Waals surface area contributed by atoms with Crippen LogP contribution in [0.3, 0.4) is 0 Å². The predicted molar refractivity (Wildman–Crippen MR) is 112 cm³/mol. The molecule has 1 saturated heterocycles. The molecular formula is C23H26F3NO5. The van der Waals surface area contributed by atoms with E-state index in [9.17, 15) is 18.0 Å². The summed E-state index contributed by atoms with van der Waals surface area (Å²) in [6.45, 7) is -0.111. The smallest absolute Gasteiger partial charge is 0.422 e. The number of nitrogens with one attached hydrogen (secondary N) is 1. The van der Waals surface area contributed by atoms with Gasteiger partial charge < -0.3 is 24.3 Å². The number of hydrogen-bond donors (Lipinski definition) is 1. The van der Waals surface area contributed by atoms with Crippen molar-refractivity contribution in [3.63, 3.8) is 0 Å². The molecule has 0 saturated carbocycles. The number of aryl methyl sites for hydroxylation is 1. The van der Waals surface area contributed by atoms with Gasteiger partial charge in [-0.25, -0.2) is 0 Å². The molecule has 1 amide bonds. The van der Waals surface area contributed by atoms with Gasteiger partial charge in [-0.1, -0.05) is 6.07 Å². The van der Waals surface area contributed by atoms with Crippen LogP contribution in [-0.4, -0.2) is 45.1 Å². The number of amides is 1. The maximum Gasteiger partial charge on any atom is 0.422 e. The van der Waals surface area contributed by atoms with Gasteiger partial charge in [0.05, 0.1) is 13.2 Å². The Kier molecular flexibility index (Phi) is 8.21. The minimum atomic E-state index is -4.43. The maximum absolute atomic E-state index is 12.3. The number of alkyl halides is 3. The molecule has 1 aliphatic heterocycles. The summed E-state index contributed by atoms with van der Waals surface area (Å²) >= 11 is 0. The second-order valence-electron chi connectivity index (χ2n) is 7.41. The average Bonchev–Trinajstić information content (AvgIpc) is 3.29. The van der Waals surface area contributed by atoms with Gasteiger partial charge in [-0.3, -0.25) is 4.79 Å². The molecule has 0 spiro atoms. The number of benzene rings is 2. The minimum absolute atomic E-state index is 0.000158. The van der Waals surface area contributed by atoms with E-state index in [1.54, 1.807) is 36.4 Å². The lowest BCUT2D eigenvalue weighted by Crippen LogP contribution is -2.19. The van der Waals surface area contributed by atoms with Gasteiger partial charge in [-0.15, -0.1) is 0 Å². The molecule has 1 aliphatic rings. The Labute approximate surface area is 184 Å². The topological polar surface area (TPSA) is 66.0 Å². The van der Waals surface area contributed by atoms with E-state index in [-0.39, 0.29) is 29.9 Å². The average molecular weight is 453 g/mol. The summed E-state index contributed by atoms with van der Waals surface area (Å²) < 4.78 is 58.1. The molecule has 0 aromatic heterocycles. The number of ether oxygens (including phenoxy) is 4. The fourth-order valence-corrected chi connectivity index (χ4v) is 3.23. The number of hydrogen-bond acceptors (Lipinski definition) is 5. The van der Waals surface area contributed by atoms with E-state index in [1.165, 1.54) is 13.2 Å². The molecule has 2 aromatic rings. The van der Waals surface area contributed by atoms with Gasteiger partial charge in [0.1, 0.15) is 12.4 Å². The molecule has 1 heterocycles. The summed E-state index contributed by atoms with van der Waals surface area (Å²) in [5.74, 6) is 0.707. The van der Waals surface area contributed by atoms with Crippen LogP contribution in [-0.2, 0) is 16.0 Å². The zero-order valence-corrected chi connectivity index (χ0v) is 17.7. The molecule has 3 rings (SSSR count). The third-order valence-corrected chi connectivity index (χ3v) is 4.86. The monoisotopic (exact) mass is 453 g/mol. The Balaban J connectivity index is 1.45. The molecule has 174 valence electrons. The fraction of sp³-hybridized carbons (Fsp3) is 0.435. The largest absolute Gasteiger partial charge is 0.493 e. The van der Waals surface area contributed by atoms with Crippen LogP contribution in [0.25, 0.3) is 0 Å². The SMILES string of the molecule is COc1cc(CCC(=O)Nc2ccc(OCC3CCCO3)cc2)ccc1OCC(F)(F)F. The molecule has 0 aliphatic carbocycles. The van der Waals surface area contributed by atoms with Crippen molar-refractivity contribution in [2.45, 2.75) is 38.0 Å². The zero-order chi connectivity index (χ0) is 23.0. The van der Waals surface area contributed by atoms with E-state index in [0.29, 0.717) is 24.5 Å². The van der Waals surface area contributed by atoms with Crippen LogP contribution in [0.2, 0.25) is 0 Å². The second kappa shape index (κ2) is 11.1. The summed E-state index contributed by atoms with van der Waals surface area (Å²) in [4.78, 5) is 12.3. The quantitative estimate of drug-likeness (QED) is 0.562. The van der Waals surface area contributed by atoms with Crippen molar-refractivity contribution in [2.75, 3.05) is 32.2 Å². The highest BCUT2D eigenvalue weighted by Crippen LogP contribution is 2.30. The maximum atomic E-state index is 12.3. The van der Waals surface area contributed by atoms with Crippen molar-refractivity contribution in [1.29, 1.82) is 0 Å². The van der Waals surface area contributed by atoms with E-state index in [0.717, 1.165) is 25.0 Å². The second-order valence-corrected chi connectivity index (χ2v) is 7.41. The van der Waals surface area contributed by atoms with E-state index in [4.69, 9.17) is 18.9 Å². The van der Waals surface area contributed by atoms with Crippen LogP contribution in [0, 0.1) is 0 Å². The molecule has 1 atom stereocenters. The first-order valence-corrected chi connectivity index (χ1v) is 10.3. The van der Waals surface area contributed by atoms with Gasteiger partial charge in [0.2, 0.25) is 5.91 Å². The van der Waals surface area contributed by atoms with Crippen molar-refractivity contribution in [3.05, 3.63) is 48.0 Å². The molecule has 2 aromatic carbocycles. The number of halogens is 3. The van der Waals surface area contributed by atoms with Crippen LogP contribution >= 0.6 is 0 Å². The standard InChI is InChI=1S/C23H26F3NO5/c1-29-21-13-16(4-10-20(21)32-15-23(24,25)26)5-11-22(28)27-17-6-8-18(9-7-17)31-14-19-3-2-12-30-19/h4,6-10,13,19H,2-3,5,11-12,14-15H2,1H3,(H,27,28). The summed E-state index contributed by atoms with van der Waals surface area (Å²) in [5, 5.41) is 2.81. The van der Waals surface area contributed by atoms with Gasteiger partial charge in [0.25, 0.3) is 0 Å². The van der Waals surface area contributed by atoms with Crippen molar-refractivity contribution < 1.29 is 36.9 Å². The molecule has 9 heteroatoms. The molecule has 6 nitrogen and oxygen atoms in total. The summed E-state index contributed by atoms with van der Waals surface area (Å²) in [5.41, 5.74) is 1.39. The summed E-state index contributed by atoms with van der Waals surface area (Å²) in [6.07, 6.45) is -1.65. The summed E-state index contributed by atoms with van der Waals surface area (Å²) in [6, 6.07) is 11.7. The first-order valence-electron chi connectivity index (χ1n) is 10.3. The van der Waals surface area contributed by atoms with Gasteiger partial charge in [-0.2, -0.15) is 13.2 Å². The Hall–Kier alpha value is -2.94. The van der Waals surface area contributed by atoms with E-state index < -0.39 is 12.8 Å². The lowest BCUT2D eigenvalue weighted by Gasteiger charge is -2.13. The number of anilines is 1. The minimum Gasteiger partial charge on any atom is -0.493 e. The molecule has 32 heavy (non-hydrogen) atoms. The predicted octanol–water partition coefficient (Wildman–Crippen LogP) is 4.77. The fourth-order valence-electron chi connectivity index (χ4n) is 3.23. The number of rotatable bonds is 10. The Bertz CT molecular complexity index is 880. The molecule has 0 radical (unpaired) electrons. The van der Waals surface area contributed by atoms with Gasteiger partial charge in [0, 0.05) is 18.7 Å². The zero-order valence-electron chi connectivity index (χ0n) is 17.7. The molecule has 0 bridgehead atoms. The number of methoxy groups -OCH3 is 1. The number of carbonyl (C=O) groups excluding carboxylic acids is 1. The van der Waals surface area contributed by atoms with Crippen LogP contribution < -0.4 is 19.5 Å². The molecule has 1 N–H and O–H groups in total. The molecular weight excluding hydrogens is 427 g/mol. The normalized spacial score (nSPS) is 15.9. The first-order chi connectivity index (χ1) is 15.3. The Morgan fingerprint density at radius 1 is 1.12 bits per heavy atom. The lowest BCUT2D eigenvalue weighted by molar-refractivity contribution is -0.153. The highest BCUT2D eigenvalue weighted by atomic mass is 19.4. The Morgan fingerprint density at radius 3 is 2.56 bits per heavy atom. The van der Waals surface area contributed by atoms with Gasteiger partial charge >= 0.3 is 6.18 Å². The molecule has 1 unspecified atom stereocenters. The van der Waals surface area contributed by atoms with Crippen LogP contribution in [0.15, 0.2) is 42.5 Å². The number of carbonyl (C=O) groups is 1. The van der Waals surface area contributed by atoms with E-state index >= 15 is 0 Å². The van der Waals surface area contributed by atoms with Crippen molar-refractivity contribution in [3.8, 4) is 17.2 Å². The highest BCUT2D eigenvalue weighted by molar-refractivity contribution is 5.90. The van der Waals surface area contributed by atoms with Crippen LogP contribution in [0.1, 0.15) is 24.8 Å². The van der Waals surface area contributed by atoms with Gasteiger partial charge in [-0.05, 0) is 61.2 Å². The Morgan fingerprint density at radius 2 is 1.91 bits per heavy atom. The van der Waals surface area contributed by atoms with Gasteiger partial charge in [0.15, 0.2) is 18.1 Å². The van der Waals surface area contributed by atoms with Crippen LogP contribution in [0.5, 0.6) is 17.2 Å². The summed E-state index contributed by atoms with van der Waals surface area (Å²) in [7, 11) is 1.35. The van der Waals surface area contributed by atoms with Crippen LogP contribution in [0.4, 0.5) is 18.9 Å². The first kappa shape index (κ1) is 23.7. The third-order valence-electron chi connectivity index (χ3n) is 4.86. The van der Waals surface area contributed by atoms with Crippen molar-refractivity contribution in [2.24, 2.45) is 0 Å². The third kappa shape index (κ3) is 7.64. The van der Waals surface area contributed by atoms with E-state index in [2.05, 4.69) is 5.32 Å². The lowest BCUT2D eigenvalue weighted by atomic mass is 10.1. The van der Waals surface area contributed by atoms with E-state index in [1.807, 2.05) is 0 Å².